The first-order chi connectivity index (χ1) is 21.5. The normalized spacial score (nSPS) is 13.4. The van der Waals surface area contributed by atoms with E-state index in [0.29, 0.717) is 16.7 Å². The molecule has 1 heterocycles. The molecule has 0 atom stereocenters. The van der Waals surface area contributed by atoms with Crippen molar-refractivity contribution in [2.75, 3.05) is 0 Å². The molecular weight excluding hydrogens is 472 g/mol. The first-order valence-corrected chi connectivity index (χ1v) is 13.0. The Kier molecular flexibility index (Phi) is 3.89. The third-order valence-electron chi connectivity index (χ3n) is 7.56. The van der Waals surface area contributed by atoms with Crippen LogP contribution < -0.4 is 0 Å². The van der Waals surface area contributed by atoms with Crippen molar-refractivity contribution < 1.29 is 11.3 Å². The van der Waals surface area contributed by atoms with E-state index in [0.717, 1.165) is 49.0 Å². The molecule has 0 amide bonds. The second kappa shape index (κ2) is 8.72. The summed E-state index contributed by atoms with van der Waals surface area (Å²) in [6.45, 7) is 0. The lowest BCUT2D eigenvalue weighted by atomic mass is 9.85. The van der Waals surface area contributed by atoms with E-state index < -0.39 is 6.04 Å². The van der Waals surface area contributed by atoms with Gasteiger partial charge in [0.15, 0.2) is 0 Å². The van der Waals surface area contributed by atoms with Gasteiger partial charge >= 0.3 is 0 Å². The summed E-state index contributed by atoms with van der Waals surface area (Å²) < 4.78 is 48.3. The van der Waals surface area contributed by atoms with E-state index in [1.807, 2.05) is 30.3 Å². The van der Waals surface area contributed by atoms with Crippen LogP contribution in [0.5, 0.6) is 0 Å². The fourth-order valence-corrected chi connectivity index (χ4v) is 5.97. The molecule has 0 aliphatic heterocycles. The zero-order valence-electron chi connectivity index (χ0n) is 25.9. The van der Waals surface area contributed by atoms with Crippen molar-refractivity contribution in [3.05, 3.63) is 145 Å². The summed E-state index contributed by atoms with van der Waals surface area (Å²) in [5, 5.41) is 6.27. The molecule has 0 N–H and O–H groups in total. The molecular formula is C38H24O. The highest BCUT2D eigenvalue weighted by Gasteiger charge is 2.20. The predicted octanol–water partition coefficient (Wildman–Crippen LogP) is 10.9. The fraction of sp³-hybridized carbons (Fsp3) is 0. The summed E-state index contributed by atoms with van der Waals surface area (Å²) in [6, 6.07) is 37.4. The lowest BCUT2D eigenvalue weighted by Crippen LogP contribution is -1.91. The summed E-state index contributed by atoms with van der Waals surface area (Å²) in [4.78, 5) is 0. The Hall–Kier alpha value is -5.14. The average Bonchev–Trinajstić information content (AvgIpc) is 3.46. The van der Waals surface area contributed by atoms with Gasteiger partial charge in [-0.3, -0.25) is 0 Å². The average molecular weight is 502 g/mol. The van der Waals surface area contributed by atoms with Gasteiger partial charge in [-0.25, -0.2) is 0 Å². The molecule has 0 unspecified atom stereocenters. The molecule has 0 bridgehead atoms. The highest BCUT2D eigenvalue weighted by atomic mass is 16.3. The van der Waals surface area contributed by atoms with Crippen LogP contribution in [-0.2, 0) is 0 Å². The molecule has 182 valence electrons. The molecule has 1 heteroatoms. The van der Waals surface area contributed by atoms with Crippen LogP contribution in [0.15, 0.2) is 150 Å². The Balaban J connectivity index is 1.50. The second-order valence-corrected chi connectivity index (χ2v) is 9.67. The Labute approximate surface area is 233 Å². The molecule has 0 radical (unpaired) electrons. The predicted molar refractivity (Wildman–Crippen MR) is 165 cm³/mol. The van der Waals surface area contributed by atoms with E-state index in [9.17, 15) is 0 Å². The third-order valence-corrected chi connectivity index (χ3v) is 7.56. The molecule has 39 heavy (non-hydrogen) atoms. The molecule has 0 saturated heterocycles. The molecule has 7 aromatic carbocycles. The summed E-state index contributed by atoms with van der Waals surface area (Å²) in [6.07, 6.45) is 0. The van der Waals surface area contributed by atoms with E-state index in [1.165, 1.54) is 5.56 Å². The fourth-order valence-electron chi connectivity index (χ4n) is 5.97. The molecule has 0 saturated carbocycles. The number of benzene rings is 7. The Morgan fingerprint density at radius 2 is 1.00 bits per heavy atom. The minimum Gasteiger partial charge on any atom is -0.455 e. The van der Waals surface area contributed by atoms with Gasteiger partial charge in [-0.1, -0.05) is 139 Å². The van der Waals surface area contributed by atoms with E-state index in [4.69, 9.17) is 11.3 Å². The summed E-state index contributed by atoms with van der Waals surface area (Å²) in [5.74, 6) is 0. The minimum atomic E-state index is -0.416. The maximum absolute atomic E-state index is 8.62. The molecule has 0 spiro atoms. The SMILES string of the molecule is [2H]c1c([2H])c([2H])c(-c2cccc3c2oc2cccc(-c4c5ccccc5c(-c5ccccc5)c5ccccc45)c23)c([2H])c1[2H]. The van der Waals surface area contributed by atoms with E-state index >= 15 is 0 Å². The lowest BCUT2D eigenvalue weighted by Gasteiger charge is -2.18. The Morgan fingerprint density at radius 3 is 1.69 bits per heavy atom. The van der Waals surface area contributed by atoms with Crippen LogP contribution in [0.3, 0.4) is 0 Å². The standard InChI is InChI=1S/C38H24O/c1-3-13-25(14-4-1)27-21-11-23-33-37-32(22-12-24-34(37)39-38(27)33)36-30-19-9-7-17-28(30)35(26-15-5-2-6-16-26)29-18-8-10-20-31(29)36/h1-24H/i1D,3D,4D,13D,14D. The van der Waals surface area contributed by atoms with Gasteiger partial charge in [0.05, 0.1) is 6.85 Å². The van der Waals surface area contributed by atoms with E-state index in [-0.39, 0.29) is 29.7 Å². The van der Waals surface area contributed by atoms with Crippen LogP contribution in [0.2, 0.25) is 0 Å². The summed E-state index contributed by atoms with van der Waals surface area (Å²) in [5.41, 5.74) is 6.19. The Morgan fingerprint density at radius 1 is 0.436 bits per heavy atom. The van der Waals surface area contributed by atoms with Gasteiger partial charge in [0, 0.05) is 16.3 Å². The molecule has 0 aliphatic rings. The van der Waals surface area contributed by atoms with Gasteiger partial charge in [-0.15, -0.1) is 0 Å². The number of hydrogen-bond donors (Lipinski definition) is 0. The van der Waals surface area contributed by atoms with Gasteiger partial charge in [-0.2, -0.15) is 0 Å². The van der Waals surface area contributed by atoms with E-state index in [2.05, 4.69) is 78.9 Å². The molecule has 1 nitrogen and oxygen atoms in total. The van der Waals surface area contributed by atoms with Gasteiger partial charge in [0.2, 0.25) is 0 Å². The monoisotopic (exact) mass is 501 g/mol. The topological polar surface area (TPSA) is 13.1 Å². The van der Waals surface area contributed by atoms with Gasteiger partial charge in [0.1, 0.15) is 11.2 Å². The molecule has 8 aromatic rings. The number of hydrogen-bond acceptors (Lipinski definition) is 1. The number of rotatable bonds is 3. The lowest BCUT2D eigenvalue weighted by molar-refractivity contribution is 0.670. The molecule has 0 aliphatic carbocycles. The quantitative estimate of drug-likeness (QED) is 0.219. The third kappa shape index (κ3) is 3.34. The highest BCUT2D eigenvalue weighted by Crippen LogP contribution is 2.47. The summed E-state index contributed by atoms with van der Waals surface area (Å²) >= 11 is 0. The molecule has 1 aromatic heterocycles. The first-order valence-electron chi connectivity index (χ1n) is 15.5. The van der Waals surface area contributed by atoms with Crippen molar-refractivity contribution in [2.24, 2.45) is 0 Å². The smallest absolute Gasteiger partial charge is 0.143 e. The maximum atomic E-state index is 8.62. The van der Waals surface area contributed by atoms with Crippen molar-refractivity contribution in [2.45, 2.75) is 0 Å². The van der Waals surface area contributed by atoms with Crippen molar-refractivity contribution >= 4 is 43.5 Å². The Bertz CT molecular complexity index is 2360. The number of furan rings is 1. The van der Waals surface area contributed by atoms with Crippen molar-refractivity contribution in [1.29, 1.82) is 0 Å². The van der Waals surface area contributed by atoms with Crippen molar-refractivity contribution in [3.8, 4) is 33.4 Å². The maximum Gasteiger partial charge on any atom is 0.143 e. The van der Waals surface area contributed by atoms with E-state index in [1.54, 1.807) is 6.07 Å². The zero-order valence-corrected chi connectivity index (χ0v) is 20.9. The van der Waals surface area contributed by atoms with Crippen LogP contribution in [0, 0.1) is 0 Å². The molecule has 0 fully saturated rings. The van der Waals surface area contributed by atoms with Crippen LogP contribution in [0.25, 0.3) is 76.9 Å². The highest BCUT2D eigenvalue weighted by molar-refractivity contribution is 6.26. The van der Waals surface area contributed by atoms with Crippen molar-refractivity contribution in [1.82, 2.24) is 0 Å². The zero-order chi connectivity index (χ0) is 30.1. The van der Waals surface area contributed by atoms with Crippen LogP contribution in [0.4, 0.5) is 0 Å². The van der Waals surface area contributed by atoms with Gasteiger partial charge in [-0.05, 0) is 55.4 Å². The largest absolute Gasteiger partial charge is 0.455 e. The number of para-hydroxylation sites is 1. The van der Waals surface area contributed by atoms with Crippen LogP contribution in [-0.4, -0.2) is 0 Å². The summed E-state index contributed by atoms with van der Waals surface area (Å²) in [7, 11) is 0. The van der Waals surface area contributed by atoms with Crippen LogP contribution >= 0.6 is 0 Å². The van der Waals surface area contributed by atoms with Gasteiger partial charge < -0.3 is 4.42 Å². The van der Waals surface area contributed by atoms with Crippen LogP contribution in [0.1, 0.15) is 6.85 Å². The number of fused-ring (bicyclic) bond motifs is 5. The van der Waals surface area contributed by atoms with Crippen molar-refractivity contribution in [3.63, 3.8) is 0 Å². The second-order valence-electron chi connectivity index (χ2n) is 9.67. The first kappa shape index (κ1) is 17.4. The van der Waals surface area contributed by atoms with Gasteiger partial charge in [0.25, 0.3) is 0 Å². The minimum absolute atomic E-state index is 0.130. The molecule has 8 rings (SSSR count).